The third-order valence-corrected chi connectivity index (χ3v) is 6.04. The molecule has 2 saturated heterocycles. The summed E-state index contributed by atoms with van der Waals surface area (Å²) >= 11 is 0. The summed E-state index contributed by atoms with van der Waals surface area (Å²) in [5, 5.41) is 61.5. The Hall–Kier alpha value is -1.42. The maximum atomic E-state index is 10.7. The van der Waals surface area contributed by atoms with Crippen LogP contribution in [0.1, 0.15) is 13.3 Å². The van der Waals surface area contributed by atoms with Gasteiger partial charge in [0.05, 0.1) is 19.3 Å². The SMILES string of the molecule is CCC1O[C@H](OCC2O[C@H](OC)[C@@H](O)C(O)[C@@H]2O)[C@@H](OCC(O)COc2ccccc2)C(O)[C@@H]1O. The zero-order valence-corrected chi connectivity index (χ0v) is 19.7. The van der Waals surface area contributed by atoms with Crippen LogP contribution in [0.4, 0.5) is 0 Å². The summed E-state index contributed by atoms with van der Waals surface area (Å²) in [5.74, 6) is 0.572. The molecule has 0 radical (unpaired) electrons. The molecule has 1 aromatic rings. The van der Waals surface area contributed by atoms with E-state index >= 15 is 0 Å². The number of rotatable bonds is 11. The Balaban J connectivity index is 1.59. The first-order chi connectivity index (χ1) is 16.8. The van der Waals surface area contributed by atoms with Gasteiger partial charge in [-0.25, -0.2) is 0 Å². The van der Waals surface area contributed by atoms with Crippen LogP contribution < -0.4 is 4.74 Å². The number of hydrogen-bond donors (Lipinski definition) is 6. The molecule has 12 nitrogen and oxygen atoms in total. The van der Waals surface area contributed by atoms with Crippen LogP contribution in [0.15, 0.2) is 30.3 Å². The van der Waals surface area contributed by atoms with E-state index in [1.165, 1.54) is 7.11 Å². The van der Waals surface area contributed by atoms with Crippen LogP contribution in [0.5, 0.6) is 5.75 Å². The van der Waals surface area contributed by atoms with Crippen molar-refractivity contribution >= 4 is 0 Å². The van der Waals surface area contributed by atoms with Crippen LogP contribution in [-0.2, 0) is 23.7 Å². The first-order valence-electron chi connectivity index (χ1n) is 11.6. The Labute approximate surface area is 203 Å². The molecule has 35 heavy (non-hydrogen) atoms. The van der Waals surface area contributed by atoms with Gasteiger partial charge in [0, 0.05) is 7.11 Å². The lowest BCUT2D eigenvalue weighted by Gasteiger charge is -2.44. The molecule has 0 spiro atoms. The van der Waals surface area contributed by atoms with E-state index in [1.54, 1.807) is 31.2 Å². The van der Waals surface area contributed by atoms with Gasteiger partial charge in [-0.3, -0.25) is 0 Å². The van der Waals surface area contributed by atoms with Crippen molar-refractivity contribution in [3.05, 3.63) is 30.3 Å². The molecule has 0 bridgehead atoms. The van der Waals surface area contributed by atoms with Crippen molar-refractivity contribution in [2.75, 3.05) is 26.9 Å². The number of methoxy groups -OCH3 is 1. The van der Waals surface area contributed by atoms with Gasteiger partial charge in [-0.15, -0.1) is 0 Å². The van der Waals surface area contributed by atoms with Gasteiger partial charge in [0.25, 0.3) is 0 Å². The third-order valence-electron chi connectivity index (χ3n) is 6.04. The van der Waals surface area contributed by atoms with E-state index < -0.39 is 67.5 Å². The Kier molecular flexibility index (Phi) is 10.6. The van der Waals surface area contributed by atoms with E-state index in [0.29, 0.717) is 12.2 Å². The van der Waals surface area contributed by atoms with Gasteiger partial charge in [-0.05, 0) is 18.6 Å². The molecule has 0 saturated carbocycles. The average molecular weight is 505 g/mol. The van der Waals surface area contributed by atoms with Crippen LogP contribution >= 0.6 is 0 Å². The van der Waals surface area contributed by atoms with Gasteiger partial charge in [0.15, 0.2) is 12.6 Å². The normalized spacial score (nSPS) is 38.7. The number of para-hydroxylation sites is 1. The summed E-state index contributed by atoms with van der Waals surface area (Å²) in [5.41, 5.74) is 0. The summed E-state index contributed by atoms with van der Waals surface area (Å²) in [4.78, 5) is 0. The highest BCUT2D eigenvalue weighted by molar-refractivity contribution is 5.20. The second-order valence-electron chi connectivity index (χ2n) is 8.59. The molecule has 2 aliphatic heterocycles. The lowest BCUT2D eigenvalue weighted by atomic mass is 9.97. The van der Waals surface area contributed by atoms with Crippen molar-refractivity contribution in [2.45, 2.75) is 80.9 Å². The van der Waals surface area contributed by atoms with E-state index in [-0.39, 0.29) is 19.8 Å². The minimum absolute atomic E-state index is 0.0694. The number of aliphatic hydroxyl groups excluding tert-OH is 6. The van der Waals surface area contributed by atoms with Crippen LogP contribution in [0, 0.1) is 0 Å². The highest BCUT2D eigenvalue weighted by Crippen LogP contribution is 2.28. The molecule has 5 unspecified atom stereocenters. The second-order valence-corrected chi connectivity index (χ2v) is 8.59. The standard InChI is InChI=1S/C23H36O12/c1-3-14-16(25)19(28)21(32-10-12(24)9-31-13-7-5-4-6-8-13)23(34-14)33-11-15-17(26)18(27)20(29)22(30-2)35-15/h4-8,12,14-29H,3,9-11H2,1-2H3/t12?,14?,15?,16-,17-,18?,19?,20+,21+,22+,23+/m1/s1. The first kappa shape index (κ1) is 28.2. The fraction of sp³-hybridized carbons (Fsp3) is 0.739. The highest BCUT2D eigenvalue weighted by atomic mass is 16.7. The zero-order valence-electron chi connectivity index (χ0n) is 19.7. The largest absolute Gasteiger partial charge is 0.491 e. The molecule has 200 valence electrons. The predicted molar refractivity (Wildman–Crippen MR) is 118 cm³/mol. The van der Waals surface area contributed by atoms with Gasteiger partial charge in [0.2, 0.25) is 0 Å². The van der Waals surface area contributed by atoms with E-state index in [4.69, 9.17) is 28.4 Å². The Morgan fingerprint density at radius 1 is 0.800 bits per heavy atom. The number of benzene rings is 1. The van der Waals surface area contributed by atoms with Crippen LogP contribution in [0.2, 0.25) is 0 Å². The summed E-state index contributed by atoms with van der Waals surface area (Å²) in [6.45, 7) is 1.13. The first-order valence-corrected chi connectivity index (χ1v) is 11.6. The molecule has 2 heterocycles. The van der Waals surface area contributed by atoms with Crippen molar-refractivity contribution in [3.8, 4) is 5.75 Å². The lowest BCUT2D eigenvalue weighted by Crippen LogP contribution is -2.61. The molecule has 11 atom stereocenters. The van der Waals surface area contributed by atoms with Crippen molar-refractivity contribution < 1.29 is 59.1 Å². The quantitative estimate of drug-likeness (QED) is 0.198. The Bertz CT molecular complexity index is 736. The minimum Gasteiger partial charge on any atom is -0.491 e. The van der Waals surface area contributed by atoms with Gasteiger partial charge >= 0.3 is 0 Å². The van der Waals surface area contributed by atoms with E-state index in [0.717, 1.165) is 0 Å². The molecule has 2 fully saturated rings. The molecule has 6 N–H and O–H groups in total. The van der Waals surface area contributed by atoms with Crippen molar-refractivity contribution in [1.29, 1.82) is 0 Å². The third kappa shape index (κ3) is 7.08. The van der Waals surface area contributed by atoms with Crippen LogP contribution in [0.25, 0.3) is 0 Å². The smallest absolute Gasteiger partial charge is 0.186 e. The topological polar surface area (TPSA) is 177 Å². The predicted octanol–water partition coefficient (Wildman–Crippen LogP) is -1.86. The summed E-state index contributed by atoms with van der Waals surface area (Å²) in [6.07, 6.45) is -13.2. The van der Waals surface area contributed by atoms with Crippen molar-refractivity contribution in [2.24, 2.45) is 0 Å². The van der Waals surface area contributed by atoms with Crippen molar-refractivity contribution in [1.82, 2.24) is 0 Å². The highest BCUT2D eigenvalue weighted by Gasteiger charge is 2.48. The summed E-state index contributed by atoms with van der Waals surface area (Å²) < 4.78 is 33.1. The van der Waals surface area contributed by atoms with Gasteiger partial charge in [0.1, 0.15) is 61.2 Å². The van der Waals surface area contributed by atoms with Crippen molar-refractivity contribution in [3.63, 3.8) is 0 Å². The molecule has 0 aliphatic carbocycles. The van der Waals surface area contributed by atoms with Gasteiger partial charge in [-0.1, -0.05) is 25.1 Å². The zero-order chi connectivity index (χ0) is 25.5. The molecule has 3 rings (SSSR count). The second kappa shape index (κ2) is 13.2. The molecule has 0 amide bonds. The number of aliphatic hydroxyl groups is 6. The molecular weight excluding hydrogens is 468 g/mol. The lowest BCUT2D eigenvalue weighted by molar-refractivity contribution is -0.332. The van der Waals surface area contributed by atoms with E-state index in [9.17, 15) is 30.6 Å². The molecule has 0 aromatic heterocycles. The fourth-order valence-electron chi connectivity index (χ4n) is 3.97. The maximum Gasteiger partial charge on any atom is 0.186 e. The number of ether oxygens (including phenoxy) is 6. The summed E-state index contributed by atoms with van der Waals surface area (Å²) in [7, 11) is 1.28. The van der Waals surface area contributed by atoms with Gasteiger partial charge < -0.3 is 59.1 Å². The molecule has 2 aliphatic rings. The molecule has 1 aromatic carbocycles. The monoisotopic (exact) mass is 504 g/mol. The van der Waals surface area contributed by atoms with E-state index in [2.05, 4.69) is 0 Å². The molecule has 12 heteroatoms. The molecular formula is C23H36O12. The van der Waals surface area contributed by atoms with Gasteiger partial charge in [-0.2, -0.15) is 0 Å². The fourth-order valence-corrected chi connectivity index (χ4v) is 3.97. The summed E-state index contributed by atoms with van der Waals surface area (Å²) in [6, 6.07) is 8.90. The maximum absolute atomic E-state index is 10.7. The van der Waals surface area contributed by atoms with Crippen LogP contribution in [0.3, 0.4) is 0 Å². The Morgan fingerprint density at radius 3 is 2.11 bits per heavy atom. The number of hydrogen-bond acceptors (Lipinski definition) is 12. The Morgan fingerprint density at radius 2 is 1.46 bits per heavy atom. The minimum atomic E-state index is -1.53. The van der Waals surface area contributed by atoms with Crippen LogP contribution in [-0.4, -0.2) is 125 Å². The van der Waals surface area contributed by atoms with E-state index in [1.807, 2.05) is 6.07 Å². The average Bonchev–Trinajstić information content (AvgIpc) is 2.87.